The topological polar surface area (TPSA) is 73.6 Å². The third kappa shape index (κ3) is 4.34. The van der Waals surface area contributed by atoms with Crippen molar-refractivity contribution in [3.05, 3.63) is 90.3 Å². The Balaban J connectivity index is 0.00000245. The van der Waals surface area contributed by atoms with Crippen molar-refractivity contribution in [2.45, 2.75) is 13.1 Å². The fraction of sp³-hybridized carbons (Fsp3) is 0.125. The Labute approximate surface area is 191 Å². The van der Waals surface area contributed by atoms with Crippen LogP contribution in [-0.4, -0.2) is 26.7 Å². The Morgan fingerprint density at radius 2 is 1.66 bits per heavy atom. The number of ether oxygens (including phenoxy) is 2. The Morgan fingerprint density at radius 3 is 2.50 bits per heavy atom. The van der Waals surface area contributed by atoms with E-state index < -0.39 is 0 Å². The van der Waals surface area contributed by atoms with Crippen LogP contribution in [0, 0.1) is 0 Å². The molecule has 0 atom stereocenters. The lowest BCUT2D eigenvalue weighted by Crippen LogP contribution is -2.12. The predicted molar refractivity (Wildman–Crippen MR) is 126 cm³/mol. The van der Waals surface area contributed by atoms with Gasteiger partial charge in [0, 0.05) is 13.1 Å². The van der Waals surface area contributed by atoms with Crippen LogP contribution in [-0.2, 0) is 13.1 Å². The van der Waals surface area contributed by atoms with Crippen LogP contribution in [0.2, 0.25) is 0 Å². The maximum Gasteiger partial charge on any atom is 0.266 e. The van der Waals surface area contributed by atoms with Crippen LogP contribution in [0.5, 0.6) is 17.4 Å². The number of hydrogen-bond donors (Lipinski definition) is 1. The van der Waals surface area contributed by atoms with E-state index in [2.05, 4.69) is 32.6 Å². The van der Waals surface area contributed by atoms with E-state index in [0.29, 0.717) is 29.6 Å². The number of nitrogens with zero attached hydrogens (tertiary/aromatic N) is 4. The molecule has 0 amide bonds. The van der Waals surface area contributed by atoms with Crippen molar-refractivity contribution in [2.75, 3.05) is 7.11 Å². The third-order valence-electron chi connectivity index (χ3n) is 5.04. The number of hydrogen-bond acceptors (Lipinski definition) is 6. The monoisotopic (exact) mass is 447 g/mol. The molecule has 7 nitrogen and oxygen atoms in total. The molecule has 8 heteroatoms. The van der Waals surface area contributed by atoms with Crippen LogP contribution < -0.4 is 14.8 Å². The largest absolute Gasteiger partial charge is 0.493 e. The fourth-order valence-corrected chi connectivity index (χ4v) is 3.50. The van der Waals surface area contributed by atoms with Crippen LogP contribution in [0.3, 0.4) is 0 Å². The number of benzene rings is 3. The summed E-state index contributed by atoms with van der Waals surface area (Å²) in [4.78, 5) is 4.64. The first-order valence-electron chi connectivity index (χ1n) is 10.00. The maximum atomic E-state index is 6.13. The van der Waals surface area contributed by atoms with Crippen LogP contribution in [0.1, 0.15) is 11.1 Å². The number of halogens is 1. The van der Waals surface area contributed by atoms with E-state index in [0.717, 1.165) is 23.1 Å². The van der Waals surface area contributed by atoms with Crippen LogP contribution in [0.25, 0.3) is 16.7 Å². The molecule has 0 aliphatic carbocycles. The lowest BCUT2D eigenvalue weighted by Gasteiger charge is -2.13. The molecule has 0 spiro atoms. The lowest BCUT2D eigenvalue weighted by atomic mass is 10.2. The molecule has 0 unspecified atom stereocenters. The molecule has 3 aromatic carbocycles. The van der Waals surface area contributed by atoms with Crippen LogP contribution in [0.4, 0.5) is 0 Å². The van der Waals surface area contributed by atoms with E-state index in [9.17, 15) is 0 Å². The maximum absolute atomic E-state index is 6.13. The molecule has 0 saturated carbocycles. The standard InChI is InChI=1S/C24H21N5O2.ClH/c1-30-22-13-18(15-25-14-17-7-3-2-4-8-17)11-12-21(22)31-24-23-28-26-16-29(23)20-10-6-5-9-19(20)27-24;/h2-13,16,25H,14-15H2,1H3;1H. The van der Waals surface area contributed by atoms with E-state index in [1.54, 1.807) is 13.4 Å². The minimum atomic E-state index is 0. The molecule has 2 heterocycles. The lowest BCUT2D eigenvalue weighted by molar-refractivity contribution is 0.374. The van der Waals surface area contributed by atoms with Gasteiger partial charge in [-0.15, -0.1) is 22.6 Å². The molecular weight excluding hydrogens is 426 g/mol. The van der Waals surface area contributed by atoms with Gasteiger partial charge in [0.15, 0.2) is 11.5 Å². The highest BCUT2D eigenvalue weighted by molar-refractivity contribution is 5.85. The summed E-state index contributed by atoms with van der Waals surface area (Å²) in [5.41, 5.74) is 4.61. The molecule has 2 aromatic heterocycles. The molecule has 0 aliphatic rings. The van der Waals surface area contributed by atoms with E-state index in [-0.39, 0.29) is 12.4 Å². The second-order valence-electron chi connectivity index (χ2n) is 7.11. The van der Waals surface area contributed by atoms with Crippen molar-refractivity contribution in [3.8, 4) is 17.4 Å². The smallest absolute Gasteiger partial charge is 0.266 e. The summed E-state index contributed by atoms with van der Waals surface area (Å²) in [5.74, 6) is 1.58. The van der Waals surface area contributed by atoms with Crippen molar-refractivity contribution < 1.29 is 9.47 Å². The van der Waals surface area contributed by atoms with Gasteiger partial charge in [-0.05, 0) is 35.4 Å². The quantitative estimate of drug-likeness (QED) is 0.386. The molecule has 0 aliphatic heterocycles. The zero-order chi connectivity index (χ0) is 21.0. The van der Waals surface area contributed by atoms with E-state index in [1.807, 2.05) is 65.1 Å². The van der Waals surface area contributed by atoms with Gasteiger partial charge >= 0.3 is 0 Å². The van der Waals surface area contributed by atoms with Crippen molar-refractivity contribution >= 4 is 29.1 Å². The minimum Gasteiger partial charge on any atom is -0.493 e. The molecule has 1 N–H and O–H groups in total. The van der Waals surface area contributed by atoms with E-state index >= 15 is 0 Å². The molecule has 0 bridgehead atoms. The number of methoxy groups -OCH3 is 1. The summed E-state index contributed by atoms with van der Waals surface area (Å²) in [6.45, 7) is 1.52. The first kappa shape index (κ1) is 21.5. The summed E-state index contributed by atoms with van der Waals surface area (Å²) in [6, 6.07) is 24.0. The van der Waals surface area contributed by atoms with Crippen LogP contribution in [0.15, 0.2) is 79.1 Å². The van der Waals surface area contributed by atoms with E-state index in [1.165, 1.54) is 5.56 Å². The van der Waals surface area contributed by atoms with Gasteiger partial charge in [0.2, 0.25) is 5.65 Å². The normalized spacial score (nSPS) is 10.8. The number of aromatic nitrogens is 4. The van der Waals surface area contributed by atoms with Gasteiger partial charge in [-0.1, -0.05) is 48.5 Å². The predicted octanol–water partition coefficient (Wildman–Crippen LogP) is 4.79. The molecule has 0 fully saturated rings. The molecule has 0 saturated heterocycles. The second-order valence-corrected chi connectivity index (χ2v) is 7.11. The van der Waals surface area contributed by atoms with Gasteiger partial charge in [-0.2, -0.15) is 0 Å². The van der Waals surface area contributed by atoms with Crippen molar-refractivity contribution in [1.29, 1.82) is 0 Å². The van der Waals surface area contributed by atoms with Crippen molar-refractivity contribution in [1.82, 2.24) is 24.9 Å². The number of nitrogens with one attached hydrogen (secondary N) is 1. The number of para-hydroxylation sites is 2. The van der Waals surface area contributed by atoms with Gasteiger partial charge in [0.05, 0.1) is 18.1 Å². The summed E-state index contributed by atoms with van der Waals surface area (Å²) in [5, 5.41) is 11.7. The zero-order valence-corrected chi connectivity index (χ0v) is 18.2. The SMILES string of the molecule is COc1cc(CNCc2ccccc2)ccc1Oc1nc2ccccc2n2cnnc12.Cl. The molecule has 162 valence electrons. The van der Waals surface area contributed by atoms with E-state index in [4.69, 9.17) is 9.47 Å². The highest BCUT2D eigenvalue weighted by Crippen LogP contribution is 2.34. The first-order chi connectivity index (χ1) is 15.3. The Hall–Kier alpha value is -3.68. The molecule has 5 aromatic rings. The van der Waals surface area contributed by atoms with Crippen molar-refractivity contribution in [3.63, 3.8) is 0 Å². The summed E-state index contributed by atoms with van der Waals surface area (Å²) >= 11 is 0. The zero-order valence-electron chi connectivity index (χ0n) is 17.4. The summed E-state index contributed by atoms with van der Waals surface area (Å²) < 4.78 is 13.6. The van der Waals surface area contributed by atoms with Gasteiger partial charge in [-0.3, -0.25) is 4.40 Å². The minimum absolute atomic E-state index is 0. The highest BCUT2D eigenvalue weighted by Gasteiger charge is 2.15. The summed E-state index contributed by atoms with van der Waals surface area (Å²) in [6.07, 6.45) is 1.66. The average molecular weight is 448 g/mol. The fourth-order valence-electron chi connectivity index (χ4n) is 3.50. The molecule has 32 heavy (non-hydrogen) atoms. The highest BCUT2D eigenvalue weighted by atomic mass is 35.5. The number of fused-ring (bicyclic) bond motifs is 3. The molecular formula is C24H22ClN5O2. The Bertz CT molecular complexity index is 1340. The number of rotatable bonds is 7. The Kier molecular flexibility index (Phi) is 6.49. The van der Waals surface area contributed by atoms with Crippen LogP contribution >= 0.6 is 12.4 Å². The average Bonchev–Trinajstić information content (AvgIpc) is 3.31. The first-order valence-corrected chi connectivity index (χ1v) is 10.00. The van der Waals surface area contributed by atoms with Gasteiger partial charge in [-0.25, -0.2) is 4.98 Å². The third-order valence-corrected chi connectivity index (χ3v) is 5.04. The molecule has 0 radical (unpaired) electrons. The summed E-state index contributed by atoms with van der Waals surface area (Å²) in [7, 11) is 1.63. The van der Waals surface area contributed by atoms with Gasteiger partial charge in [0.1, 0.15) is 6.33 Å². The van der Waals surface area contributed by atoms with Gasteiger partial charge in [0.25, 0.3) is 5.88 Å². The van der Waals surface area contributed by atoms with Gasteiger partial charge < -0.3 is 14.8 Å². The second kappa shape index (κ2) is 9.64. The van der Waals surface area contributed by atoms with Crippen molar-refractivity contribution in [2.24, 2.45) is 0 Å². The molecule has 5 rings (SSSR count). The Morgan fingerprint density at radius 1 is 0.875 bits per heavy atom.